The van der Waals surface area contributed by atoms with Crippen LogP contribution in [0.5, 0.6) is 5.75 Å². The number of hydrogen-bond donors (Lipinski definition) is 0. The van der Waals surface area contributed by atoms with Crippen LogP contribution in [0.2, 0.25) is 0 Å². The Hall–Kier alpha value is -3.62. The van der Waals surface area contributed by atoms with Gasteiger partial charge in [0.15, 0.2) is 12.5 Å². The van der Waals surface area contributed by atoms with Gasteiger partial charge in [-0.2, -0.15) is 0 Å². The minimum Gasteiger partial charge on any atom is -0.468 e. The number of fused-ring (bicyclic) bond motifs is 2. The first-order valence-electron chi connectivity index (χ1n) is 11.0. The summed E-state index contributed by atoms with van der Waals surface area (Å²) in [4.78, 5) is 49.2. The predicted molar refractivity (Wildman–Crippen MR) is 121 cm³/mol. The van der Waals surface area contributed by atoms with Gasteiger partial charge in [-0.05, 0) is 18.9 Å². The molecule has 0 saturated heterocycles. The molecule has 2 aromatic heterocycles. The van der Waals surface area contributed by atoms with E-state index >= 15 is 0 Å². The Kier molecular flexibility index (Phi) is 6.22. The number of pyridine rings is 2. The molecule has 3 heterocycles. The average Bonchev–Trinajstić information content (AvgIpc) is 3.23. The number of carbonyl (C=O) groups is 2. The summed E-state index contributed by atoms with van der Waals surface area (Å²) in [6.07, 6.45) is 1.91. The van der Waals surface area contributed by atoms with Gasteiger partial charge in [-0.25, -0.2) is 0 Å². The molecule has 174 valence electrons. The summed E-state index contributed by atoms with van der Waals surface area (Å²) in [5.74, 6) is -0.277. The molecule has 9 nitrogen and oxygen atoms in total. The molecule has 0 spiro atoms. The van der Waals surface area contributed by atoms with Crippen molar-refractivity contribution in [2.24, 2.45) is 7.05 Å². The molecule has 3 aromatic rings. The molecule has 0 radical (unpaired) electrons. The highest BCUT2D eigenvalue weighted by atomic mass is 16.5. The van der Waals surface area contributed by atoms with E-state index in [1.807, 2.05) is 19.9 Å². The lowest BCUT2D eigenvalue weighted by Gasteiger charge is -2.15. The lowest BCUT2D eigenvalue weighted by atomic mass is 10.0. The maximum absolute atomic E-state index is 12.7. The van der Waals surface area contributed by atoms with Crippen LogP contribution in [0.3, 0.4) is 0 Å². The fraction of sp³-hybridized carbons (Fsp3) is 0.417. The summed E-state index contributed by atoms with van der Waals surface area (Å²) < 4.78 is 19.6. The highest BCUT2D eigenvalue weighted by molar-refractivity contribution is 6.05. The van der Waals surface area contributed by atoms with Crippen LogP contribution in [-0.2, 0) is 46.1 Å². The monoisotopic (exact) mass is 454 g/mol. The predicted octanol–water partition coefficient (Wildman–Crippen LogP) is 2.89. The first kappa shape index (κ1) is 22.6. The van der Waals surface area contributed by atoms with Gasteiger partial charge in [0.25, 0.3) is 11.1 Å². The molecule has 33 heavy (non-hydrogen) atoms. The topological polar surface area (TPSA) is 106 Å². The molecule has 0 bridgehead atoms. The van der Waals surface area contributed by atoms with Crippen molar-refractivity contribution in [1.82, 2.24) is 9.13 Å². The number of aromatic nitrogens is 2. The van der Waals surface area contributed by atoms with E-state index in [4.69, 9.17) is 14.2 Å². The molecule has 0 unspecified atom stereocenters. The lowest BCUT2D eigenvalue weighted by Crippen LogP contribution is -2.20. The van der Waals surface area contributed by atoms with Crippen LogP contribution < -0.4 is 15.9 Å². The van der Waals surface area contributed by atoms with E-state index in [1.54, 1.807) is 7.05 Å². The zero-order valence-electron chi connectivity index (χ0n) is 18.9. The summed E-state index contributed by atoms with van der Waals surface area (Å²) in [6.45, 7) is 3.67. The second-order valence-electron chi connectivity index (χ2n) is 8.10. The van der Waals surface area contributed by atoms with Crippen molar-refractivity contribution < 1.29 is 23.8 Å². The molecule has 0 fully saturated rings. The summed E-state index contributed by atoms with van der Waals surface area (Å²) in [5.41, 5.74) is 1.59. The molecule has 1 aliphatic rings. The Morgan fingerprint density at radius 2 is 1.42 bits per heavy atom. The molecule has 0 atom stereocenters. The maximum Gasteiger partial charge on any atom is 0.306 e. The smallest absolute Gasteiger partial charge is 0.306 e. The van der Waals surface area contributed by atoms with E-state index in [-0.39, 0.29) is 43.0 Å². The minimum absolute atomic E-state index is 0.0174. The fourth-order valence-electron chi connectivity index (χ4n) is 4.08. The summed E-state index contributed by atoms with van der Waals surface area (Å²) in [5, 5.41) is 1.34. The van der Waals surface area contributed by atoms with Crippen molar-refractivity contribution in [3.8, 4) is 5.75 Å². The van der Waals surface area contributed by atoms with Crippen molar-refractivity contribution in [3.05, 3.63) is 50.0 Å². The van der Waals surface area contributed by atoms with E-state index in [2.05, 4.69) is 0 Å². The first-order valence-corrected chi connectivity index (χ1v) is 11.0. The van der Waals surface area contributed by atoms with Crippen LogP contribution in [0.4, 0.5) is 0 Å². The molecule has 1 aliphatic heterocycles. The number of ether oxygens (including phenoxy) is 3. The third-order valence-electron chi connectivity index (χ3n) is 5.74. The van der Waals surface area contributed by atoms with E-state index < -0.39 is 0 Å². The molecule has 0 N–H and O–H groups in total. The molecule has 1 aromatic carbocycles. The largest absolute Gasteiger partial charge is 0.468 e. The fourth-order valence-corrected chi connectivity index (χ4v) is 4.08. The Bertz CT molecular complexity index is 1380. The summed E-state index contributed by atoms with van der Waals surface area (Å²) >= 11 is 0. The minimum atomic E-state index is -0.342. The Labute approximate surface area is 189 Å². The third kappa shape index (κ3) is 4.10. The number of hydrogen-bond acceptors (Lipinski definition) is 7. The van der Waals surface area contributed by atoms with Gasteiger partial charge in [0.1, 0.15) is 13.2 Å². The second-order valence-corrected chi connectivity index (χ2v) is 8.10. The van der Waals surface area contributed by atoms with Gasteiger partial charge in [-0.3, -0.25) is 23.7 Å². The van der Waals surface area contributed by atoms with Gasteiger partial charge in [-0.1, -0.05) is 13.8 Å². The maximum atomic E-state index is 12.7. The van der Waals surface area contributed by atoms with Gasteiger partial charge >= 0.3 is 11.9 Å². The van der Waals surface area contributed by atoms with Crippen LogP contribution in [0.25, 0.3) is 21.8 Å². The van der Waals surface area contributed by atoms with E-state index in [0.29, 0.717) is 64.4 Å². The van der Waals surface area contributed by atoms with E-state index in [1.165, 1.54) is 21.3 Å². The number of aryl methyl sites for hydroxylation is 1. The van der Waals surface area contributed by atoms with E-state index in [9.17, 15) is 19.2 Å². The van der Waals surface area contributed by atoms with Gasteiger partial charge in [-0.15, -0.1) is 0 Å². The zero-order chi connectivity index (χ0) is 23.7. The van der Waals surface area contributed by atoms with Gasteiger partial charge in [0.2, 0.25) is 0 Å². The Morgan fingerprint density at radius 1 is 0.879 bits per heavy atom. The average molecular weight is 454 g/mol. The molecule has 0 saturated carbocycles. The number of esters is 2. The molecular formula is C24H26N2O7. The number of nitrogens with zero attached hydrogens (tertiary/aromatic N) is 2. The molecule has 0 aliphatic carbocycles. The van der Waals surface area contributed by atoms with Crippen molar-refractivity contribution in [1.29, 1.82) is 0 Å². The third-order valence-corrected chi connectivity index (χ3v) is 5.74. The zero-order valence-corrected chi connectivity index (χ0v) is 18.9. The summed E-state index contributed by atoms with van der Waals surface area (Å²) in [6, 6.07) is 4.71. The standard InChI is InChI=1S/C24H26N2O7/c1-4-6-20(29)31-11-14-8-18(27)25(3)22-16(14)10-17-15(12-32-21(30)7-5-2)9-19(28)26-13-33-24(22)23(17)26/h8-10H,4-7,11-13H2,1-3H3. The molecule has 4 rings (SSSR count). The van der Waals surface area contributed by atoms with Gasteiger partial charge in [0, 0.05) is 53.9 Å². The normalized spacial score (nSPS) is 12.2. The van der Waals surface area contributed by atoms with Gasteiger partial charge < -0.3 is 18.8 Å². The number of benzene rings is 1. The van der Waals surface area contributed by atoms with Crippen LogP contribution >= 0.6 is 0 Å². The lowest BCUT2D eigenvalue weighted by molar-refractivity contribution is -0.145. The SMILES string of the molecule is CCCC(=O)OCc1cc(=O)n(C)c2c3c4c(cc12)c(COC(=O)CCC)cc(=O)n4CO3. The van der Waals surface area contributed by atoms with Gasteiger partial charge in [0.05, 0.1) is 11.0 Å². The molecule has 9 heteroatoms. The van der Waals surface area contributed by atoms with E-state index in [0.717, 1.165) is 0 Å². The number of rotatable bonds is 8. The van der Waals surface area contributed by atoms with Crippen molar-refractivity contribution in [2.75, 3.05) is 0 Å². The van der Waals surface area contributed by atoms with Crippen LogP contribution in [0.1, 0.15) is 50.7 Å². The second kappa shape index (κ2) is 9.09. The Morgan fingerprint density at radius 3 is 2.00 bits per heavy atom. The number of carbonyl (C=O) groups excluding carboxylic acids is 2. The quantitative estimate of drug-likeness (QED) is 0.381. The highest BCUT2D eigenvalue weighted by Crippen LogP contribution is 2.39. The summed E-state index contributed by atoms with van der Waals surface area (Å²) in [7, 11) is 1.63. The molecule has 0 amide bonds. The molecular weight excluding hydrogens is 428 g/mol. The van der Waals surface area contributed by atoms with Crippen molar-refractivity contribution in [3.63, 3.8) is 0 Å². The highest BCUT2D eigenvalue weighted by Gasteiger charge is 2.25. The van der Waals surface area contributed by atoms with Crippen molar-refractivity contribution >= 4 is 33.7 Å². The van der Waals surface area contributed by atoms with Crippen molar-refractivity contribution in [2.45, 2.75) is 59.5 Å². The van der Waals surface area contributed by atoms with Crippen LogP contribution in [-0.4, -0.2) is 21.1 Å². The van der Waals surface area contributed by atoms with Crippen LogP contribution in [0.15, 0.2) is 27.8 Å². The first-order chi connectivity index (χ1) is 15.8. The Balaban J connectivity index is 1.91. The van der Waals surface area contributed by atoms with Crippen LogP contribution in [0, 0.1) is 0 Å².